The lowest BCUT2D eigenvalue weighted by atomic mass is 9.47. The fraction of sp³-hybridized carbons (Fsp3) is 0.809. The normalized spacial score (nSPS) is 35.7. The van der Waals surface area contributed by atoms with Crippen LogP contribution in [0, 0.1) is 71.0 Å². The van der Waals surface area contributed by atoms with Gasteiger partial charge in [-0.3, -0.25) is 4.98 Å². The van der Waals surface area contributed by atoms with Crippen LogP contribution >= 0.6 is 0 Å². The van der Waals surface area contributed by atoms with Gasteiger partial charge in [-0.15, -0.1) is 0 Å². The number of hydrogen-bond donors (Lipinski definition) is 0. The number of aryl methyl sites for hydroxylation is 1. The number of aromatic nitrogens is 1. The number of fused-ring (bicyclic) bond motifs is 5. The fourth-order valence-corrected chi connectivity index (χ4v) is 12.2. The van der Waals surface area contributed by atoms with Crippen molar-refractivity contribution in [3.8, 4) is 0 Å². The Bertz CT molecular complexity index is 1310. The fourth-order valence-electron chi connectivity index (χ4n) is 12.2. The van der Waals surface area contributed by atoms with E-state index < -0.39 is 0 Å². The summed E-state index contributed by atoms with van der Waals surface area (Å²) in [4.78, 5) is 5.23. The van der Waals surface area contributed by atoms with Crippen molar-refractivity contribution in [2.45, 2.75) is 178 Å². The minimum atomic E-state index is 0.0949. The molecule has 0 bridgehead atoms. The molecule has 0 aliphatic heterocycles. The van der Waals surface area contributed by atoms with Gasteiger partial charge in [0.1, 0.15) is 0 Å². The maximum Gasteiger partial charge on any atom is 0.0465 e. The molecule has 1 unspecified atom stereocenters. The summed E-state index contributed by atoms with van der Waals surface area (Å²) in [6, 6.07) is 4.77. The highest BCUT2D eigenvalue weighted by Gasteiger charge is 2.58. The Morgan fingerprint density at radius 2 is 1.65 bits per heavy atom. The summed E-state index contributed by atoms with van der Waals surface area (Å²) in [5, 5.41) is 0. The van der Waals surface area contributed by atoms with E-state index in [4.69, 9.17) is 4.98 Å². The van der Waals surface area contributed by atoms with Crippen molar-refractivity contribution in [3.63, 3.8) is 0 Å². The molecule has 1 nitrogen and oxygen atoms in total. The largest absolute Gasteiger partial charge is 0.257 e. The van der Waals surface area contributed by atoms with Crippen molar-refractivity contribution in [3.05, 3.63) is 52.4 Å². The van der Waals surface area contributed by atoms with E-state index in [1.54, 1.807) is 11.1 Å². The highest BCUT2D eigenvalue weighted by molar-refractivity contribution is 5.32. The molecule has 5 rings (SSSR count). The van der Waals surface area contributed by atoms with Crippen molar-refractivity contribution in [2.24, 2.45) is 64.1 Å². The first kappa shape index (κ1) is 37.9. The number of rotatable bonds is 11. The molecule has 1 aromatic rings. The second kappa shape index (κ2) is 14.7. The first-order valence-corrected chi connectivity index (χ1v) is 20.9. The minimum absolute atomic E-state index is 0.0949. The SMILES string of the molecule is C/C=C(\[C@@H](C)C(C)c1ccc(C(C)(C)C(C)C)nc1C)[C@H]1CC[C@H]2[C@@H]3CC[C@@H]4C[C@@](/C=C(\C)CC)(CCC(C)C)CC[C@@H]4[C@H]3CC[C@]12C. The molecule has 0 N–H and O–H groups in total. The van der Waals surface area contributed by atoms with Gasteiger partial charge in [0.2, 0.25) is 0 Å². The van der Waals surface area contributed by atoms with Crippen LogP contribution in [0.15, 0.2) is 35.4 Å². The topological polar surface area (TPSA) is 12.9 Å². The lowest BCUT2D eigenvalue weighted by Gasteiger charge is -2.58. The van der Waals surface area contributed by atoms with Crippen LogP contribution in [0.1, 0.15) is 183 Å². The Labute approximate surface area is 299 Å². The molecule has 270 valence electrons. The Balaban J connectivity index is 1.31. The summed E-state index contributed by atoms with van der Waals surface area (Å²) in [6.45, 7) is 31.4. The van der Waals surface area contributed by atoms with Crippen molar-refractivity contribution in [2.75, 3.05) is 0 Å². The molecular formula is C47H77N. The van der Waals surface area contributed by atoms with Gasteiger partial charge in [0.15, 0.2) is 0 Å². The second-order valence-electron chi connectivity index (χ2n) is 19.6. The van der Waals surface area contributed by atoms with Gasteiger partial charge >= 0.3 is 0 Å². The molecule has 0 amide bonds. The summed E-state index contributed by atoms with van der Waals surface area (Å²) in [5.41, 5.74) is 8.38. The van der Waals surface area contributed by atoms with Gasteiger partial charge in [-0.2, -0.15) is 0 Å². The standard InChI is InChI=1S/C47H77N/c1-14-32(7)28-47(26-22-30(3)4)27-24-39-36(29-47)16-17-41-40(39)23-25-46(13)42(19-20-43(41)46)37(15-2)33(8)34(9)38-18-21-44(48-35(38)10)45(11,12)31(5)6/h15,18,21,28,30-31,33-34,36,39-43H,14,16-17,19-20,22-27,29H2,1-13H3/b32-28+,37-15+/t33-,34?,36+,39-,40+,41+,42+,43-,46+,47-/m0/s1. The predicted octanol–water partition coefficient (Wildman–Crippen LogP) is 14.1. The van der Waals surface area contributed by atoms with Gasteiger partial charge in [-0.1, -0.05) is 105 Å². The summed E-state index contributed by atoms with van der Waals surface area (Å²) in [5.74, 6) is 8.01. The maximum absolute atomic E-state index is 5.23. The van der Waals surface area contributed by atoms with Crippen LogP contribution in [0.3, 0.4) is 0 Å². The van der Waals surface area contributed by atoms with Crippen LogP contribution in [0.4, 0.5) is 0 Å². The highest BCUT2D eigenvalue weighted by atomic mass is 14.7. The molecule has 1 heterocycles. The van der Waals surface area contributed by atoms with Gasteiger partial charge in [0.25, 0.3) is 0 Å². The molecule has 48 heavy (non-hydrogen) atoms. The quantitative estimate of drug-likeness (QED) is 0.216. The zero-order valence-electron chi connectivity index (χ0n) is 34.0. The average Bonchev–Trinajstić information content (AvgIpc) is 3.40. The van der Waals surface area contributed by atoms with Crippen molar-refractivity contribution < 1.29 is 0 Å². The molecule has 4 aliphatic carbocycles. The highest BCUT2D eigenvalue weighted by Crippen LogP contribution is 2.67. The van der Waals surface area contributed by atoms with E-state index in [1.165, 1.54) is 94.0 Å². The third kappa shape index (κ3) is 7.07. The van der Waals surface area contributed by atoms with Crippen molar-refractivity contribution >= 4 is 0 Å². The molecule has 4 aliphatic rings. The Hall–Kier alpha value is -1.37. The average molecular weight is 656 g/mol. The number of pyridine rings is 1. The van der Waals surface area contributed by atoms with Crippen LogP contribution in [0.2, 0.25) is 0 Å². The lowest BCUT2D eigenvalue weighted by molar-refractivity contribution is -0.0732. The summed E-state index contributed by atoms with van der Waals surface area (Å²) in [7, 11) is 0. The molecule has 0 saturated heterocycles. The van der Waals surface area contributed by atoms with E-state index in [2.05, 4.69) is 114 Å². The Kier molecular flexibility index (Phi) is 11.6. The van der Waals surface area contributed by atoms with Crippen LogP contribution in [0.5, 0.6) is 0 Å². The van der Waals surface area contributed by atoms with E-state index >= 15 is 0 Å². The van der Waals surface area contributed by atoms with Crippen LogP contribution in [-0.4, -0.2) is 4.98 Å². The Morgan fingerprint density at radius 3 is 2.27 bits per heavy atom. The first-order valence-electron chi connectivity index (χ1n) is 20.9. The Morgan fingerprint density at radius 1 is 0.938 bits per heavy atom. The van der Waals surface area contributed by atoms with Gasteiger partial charge in [0.05, 0.1) is 0 Å². The van der Waals surface area contributed by atoms with Crippen LogP contribution < -0.4 is 0 Å². The number of nitrogens with zero attached hydrogens (tertiary/aromatic N) is 1. The van der Waals surface area contributed by atoms with Crippen LogP contribution in [0.25, 0.3) is 0 Å². The molecule has 1 aromatic heterocycles. The predicted molar refractivity (Wildman–Crippen MR) is 209 cm³/mol. The third-order valence-electron chi connectivity index (χ3n) is 16.2. The maximum atomic E-state index is 5.23. The smallest absolute Gasteiger partial charge is 0.0465 e. The van der Waals surface area contributed by atoms with E-state index in [-0.39, 0.29) is 5.41 Å². The number of hydrogen-bond acceptors (Lipinski definition) is 1. The summed E-state index contributed by atoms with van der Waals surface area (Å²) in [6.07, 6.45) is 22.7. The first-order chi connectivity index (χ1) is 22.6. The summed E-state index contributed by atoms with van der Waals surface area (Å²) < 4.78 is 0. The second-order valence-corrected chi connectivity index (χ2v) is 19.6. The molecule has 0 spiro atoms. The van der Waals surface area contributed by atoms with E-state index in [9.17, 15) is 0 Å². The van der Waals surface area contributed by atoms with Crippen LogP contribution in [-0.2, 0) is 5.41 Å². The van der Waals surface area contributed by atoms with Crippen molar-refractivity contribution in [1.29, 1.82) is 0 Å². The van der Waals surface area contributed by atoms with Gasteiger partial charge in [-0.25, -0.2) is 0 Å². The molecular weight excluding hydrogens is 579 g/mol. The molecule has 0 aromatic carbocycles. The number of allylic oxidation sites excluding steroid dienone is 4. The minimum Gasteiger partial charge on any atom is -0.257 e. The molecule has 4 saturated carbocycles. The van der Waals surface area contributed by atoms with E-state index in [1.807, 2.05) is 0 Å². The lowest BCUT2D eigenvalue weighted by Crippen LogP contribution is -2.50. The van der Waals surface area contributed by atoms with Crippen molar-refractivity contribution in [1.82, 2.24) is 4.98 Å². The van der Waals surface area contributed by atoms with E-state index in [0.29, 0.717) is 28.6 Å². The zero-order valence-corrected chi connectivity index (χ0v) is 34.0. The summed E-state index contributed by atoms with van der Waals surface area (Å²) >= 11 is 0. The zero-order chi connectivity index (χ0) is 35.2. The molecule has 0 radical (unpaired) electrons. The third-order valence-corrected chi connectivity index (χ3v) is 16.2. The van der Waals surface area contributed by atoms with Gasteiger partial charge in [-0.05, 0) is 173 Å². The molecule has 1 heteroatoms. The van der Waals surface area contributed by atoms with Gasteiger partial charge in [0, 0.05) is 16.8 Å². The van der Waals surface area contributed by atoms with Gasteiger partial charge < -0.3 is 0 Å². The monoisotopic (exact) mass is 656 g/mol. The van der Waals surface area contributed by atoms with E-state index in [0.717, 1.165) is 41.4 Å². The molecule has 10 atom stereocenters. The molecule has 4 fully saturated rings.